The molecular weight excluding hydrogens is 725 g/mol. The van der Waals surface area contributed by atoms with Crippen LogP contribution in [0.1, 0.15) is 0 Å². The normalized spacial score (nSPS) is 11.8. The highest BCUT2D eigenvalue weighted by atomic mass is 32.1. The highest BCUT2D eigenvalue weighted by molar-refractivity contribution is 7.25. The van der Waals surface area contributed by atoms with Gasteiger partial charge in [0.05, 0.1) is 16.7 Å². The molecule has 0 aliphatic rings. The van der Waals surface area contributed by atoms with Gasteiger partial charge in [-0.2, -0.15) is 0 Å². The SMILES string of the molecule is c1ccc(-c2nc(-c3ccc(-n4c5ccccc5c5cc6ccccc6cc54)c(-c4cccc5sc6ccccc6c45)c3)nc(-c3cccc4ccccc34)n2)cc1. The third kappa shape index (κ3) is 5.18. The van der Waals surface area contributed by atoms with Crippen molar-refractivity contribution in [3.63, 3.8) is 0 Å². The van der Waals surface area contributed by atoms with Gasteiger partial charge in [0, 0.05) is 53.2 Å². The van der Waals surface area contributed by atoms with Crippen LogP contribution in [0.2, 0.25) is 0 Å². The van der Waals surface area contributed by atoms with E-state index < -0.39 is 0 Å². The maximum absolute atomic E-state index is 5.29. The van der Waals surface area contributed by atoms with Crippen LogP contribution in [0.4, 0.5) is 0 Å². The standard InChI is InChI=1S/C53H32N4S/c1-2-15-34(16-3-1)51-54-52(56-53(55-51)41-24-12-19-33-14-6-7-20-38(33)41)37-28-29-46(44(31-37)40-23-13-27-49-50(40)42-22-9-11-26-48(42)58-49)57-45-25-10-8-21-39(45)43-30-35-17-4-5-18-36(35)32-47(43)57/h1-32H. The Kier molecular flexibility index (Phi) is 7.37. The topological polar surface area (TPSA) is 43.6 Å². The zero-order valence-electron chi connectivity index (χ0n) is 31.2. The number of thiophene rings is 1. The summed E-state index contributed by atoms with van der Waals surface area (Å²) in [6.07, 6.45) is 0. The molecule has 0 amide bonds. The average molecular weight is 757 g/mol. The minimum Gasteiger partial charge on any atom is -0.309 e. The molecular formula is C53H32N4S. The Bertz CT molecular complexity index is 3580. The van der Waals surface area contributed by atoms with E-state index in [2.05, 4.69) is 180 Å². The molecule has 0 unspecified atom stereocenters. The summed E-state index contributed by atoms with van der Waals surface area (Å²) in [5.74, 6) is 1.91. The third-order valence-corrected chi connectivity index (χ3v) is 12.6. The molecule has 270 valence electrons. The number of aromatic nitrogens is 4. The molecule has 12 aromatic rings. The number of hydrogen-bond donors (Lipinski definition) is 0. The highest BCUT2D eigenvalue weighted by Crippen LogP contribution is 2.45. The lowest BCUT2D eigenvalue weighted by Gasteiger charge is -2.17. The van der Waals surface area contributed by atoms with Crippen LogP contribution in [0.15, 0.2) is 194 Å². The van der Waals surface area contributed by atoms with Crippen LogP contribution in [0.3, 0.4) is 0 Å². The summed E-state index contributed by atoms with van der Waals surface area (Å²) in [6, 6.07) is 69.3. The van der Waals surface area contributed by atoms with Gasteiger partial charge in [-0.3, -0.25) is 0 Å². The fraction of sp³-hybridized carbons (Fsp3) is 0. The molecule has 0 saturated heterocycles. The van der Waals surface area contributed by atoms with Crippen LogP contribution in [-0.2, 0) is 0 Å². The van der Waals surface area contributed by atoms with E-state index in [1.807, 2.05) is 29.5 Å². The Morgan fingerprint density at radius 3 is 1.83 bits per heavy atom. The molecule has 3 aromatic heterocycles. The van der Waals surface area contributed by atoms with E-state index in [-0.39, 0.29) is 0 Å². The van der Waals surface area contributed by atoms with Crippen molar-refractivity contribution >= 4 is 74.9 Å². The Labute approximate surface area is 338 Å². The molecule has 0 radical (unpaired) electrons. The predicted octanol–water partition coefficient (Wildman–Crippen LogP) is 14.3. The maximum atomic E-state index is 5.29. The molecule has 0 fully saturated rings. The summed E-state index contributed by atoms with van der Waals surface area (Å²) < 4.78 is 4.98. The Hall–Kier alpha value is -7.47. The number of fused-ring (bicyclic) bond motifs is 8. The molecule has 0 aliphatic carbocycles. The fourth-order valence-electron chi connectivity index (χ4n) is 8.76. The van der Waals surface area contributed by atoms with Crippen molar-refractivity contribution in [3.05, 3.63) is 194 Å². The lowest BCUT2D eigenvalue weighted by atomic mass is 9.95. The van der Waals surface area contributed by atoms with E-state index >= 15 is 0 Å². The summed E-state index contributed by atoms with van der Waals surface area (Å²) >= 11 is 1.84. The first kappa shape index (κ1) is 32.7. The maximum Gasteiger partial charge on any atom is 0.164 e. The number of rotatable bonds is 5. The quantitative estimate of drug-likeness (QED) is 0.176. The van der Waals surface area contributed by atoms with E-state index in [9.17, 15) is 0 Å². The third-order valence-electron chi connectivity index (χ3n) is 11.4. The average Bonchev–Trinajstić information content (AvgIpc) is 3.83. The van der Waals surface area contributed by atoms with Crippen LogP contribution < -0.4 is 0 Å². The molecule has 3 heterocycles. The number of para-hydroxylation sites is 1. The lowest BCUT2D eigenvalue weighted by Crippen LogP contribution is -2.02. The first-order chi connectivity index (χ1) is 28.7. The van der Waals surface area contributed by atoms with Gasteiger partial charge in [-0.1, -0.05) is 146 Å². The van der Waals surface area contributed by atoms with Crippen LogP contribution in [-0.4, -0.2) is 19.5 Å². The Morgan fingerprint density at radius 1 is 0.345 bits per heavy atom. The van der Waals surface area contributed by atoms with Crippen LogP contribution in [0, 0.1) is 0 Å². The fourth-order valence-corrected chi connectivity index (χ4v) is 9.89. The van der Waals surface area contributed by atoms with E-state index in [0.717, 1.165) is 44.2 Å². The Balaban J connectivity index is 1.17. The van der Waals surface area contributed by atoms with Crippen molar-refractivity contribution in [1.82, 2.24) is 19.5 Å². The second-order valence-corrected chi connectivity index (χ2v) is 15.9. The Morgan fingerprint density at radius 2 is 0.966 bits per heavy atom. The van der Waals surface area contributed by atoms with Crippen molar-refractivity contribution in [2.75, 3.05) is 0 Å². The van der Waals surface area contributed by atoms with Gasteiger partial charge in [0.2, 0.25) is 0 Å². The van der Waals surface area contributed by atoms with E-state index in [1.165, 1.54) is 52.8 Å². The lowest BCUT2D eigenvalue weighted by molar-refractivity contribution is 1.07. The molecule has 0 N–H and O–H groups in total. The largest absolute Gasteiger partial charge is 0.309 e. The van der Waals surface area contributed by atoms with Gasteiger partial charge in [-0.15, -0.1) is 11.3 Å². The van der Waals surface area contributed by atoms with Crippen molar-refractivity contribution in [2.45, 2.75) is 0 Å². The smallest absolute Gasteiger partial charge is 0.164 e. The number of benzene rings is 9. The zero-order chi connectivity index (χ0) is 38.2. The summed E-state index contributed by atoms with van der Waals surface area (Å²) in [5.41, 5.74) is 8.54. The minimum absolute atomic E-state index is 0.625. The molecule has 5 heteroatoms. The van der Waals surface area contributed by atoms with Gasteiger partial charge in [-0.05, 0) is 75.6 Å². The van der Waals surface area contributed by atoms with E-state index in [4.69, 9.17) is 15.0 Å². The molecule has 0 atom stereocenters. The summed E-state index contributed by atoms with van der Waals surface area (Å²) in [7, 11) is 0. The van der Waals surface area contributed by atoms with Crippen LogP contribution >= 0.6 is 11.3 Å². The van der Waals surface area contributed by atoms with Crippen molar-refractivity contribution in [3.8, 4) is 51.0 Å². The molecule has 0 saturated carbocycles. The van der Waals surface area contributed by atoms with Crippen molar-refractivity contribution in [2.24, 2.45) is 0 Å². The number of hydrogen-bond acceptors (Lipinski definition) is 4. The second kappa shape index (κ2) is 13.1. The van der Waals surface area contributed by atoms with Crippen LogP contribution in [0.5, 0.6) is 0 Å². The first-order valence-corrected chi connectivity index (χ1v) is 20.3. The highest BCUT2D eigenvalue weighted by Gasteiger charge is 2.21. The molecule has 0 bridgehead atoms. The molecule has 0 aliphatic heterocycles. The van der Waals surface area contributed by atoms with Crippen molar-refractivity contribution in [1.29, 1.82) is 0 Å². The van der Waals surface area contributed by atoms with Gasteiger partial charge in [0.25, 0.3) is 0 Å². The zero-order valence-corrected chi connectivity index (χ0v) is 32.0. The second-order valence-electron chi connectivity index (χ2n) is 14.8. The van der Waals surface area contributed by atoms with E-state index in [0.29, 0.717) is 17.5 Å². The van der Waals surface area contributed by atoms with Gasteiger partial charge in [0.15, 0.2) is 17.5 Å². The molecule has 12 rings (SSSR count). The monoisotopic (exact) mass is 756 g/mol. The van der Waals surface area contributed by atoms with Gasteiger partial charge >= 0.3 is 0 Å². The molecule has 0 spiro atoms. The summed E-state index contributed by atoms with van der Waals surface area (Å²) in [5, 5.41) is 9.65. The molecule has 4 nitrogen and oxygen atoms in total. The van der Waals surface area contributed by atoms with Crippen LogP contribution in [0.25, 0.3) is 115 Å². The summed E-state index contributed by atoms with van der Waals surface area (Å²) in [4.78, 5) is 15.6. The summed E-state index contributed by atoms with van der Waals surface area (Å²) in [6.45, 7) is 0. The predicted molar refractivity (Wildman–Crippen MR) is 244 cm³/mol. The van der Waals surface area contributed by atoms with E-state index in [1.54, 1.807) is 0 Å². The number of nitrogens with zero attached hydrogens (tertiary/aromatic N) is 4. The molecule has 9 aromatic carbocycles. The van der Waals surface area contributed by atoms with Gasteiger partial charge in [0.1, 0.15) is 0 Å². The van der Waals surface area contributed by atoms with Crippen molar-refractivity contribution < 1.29 is 0 Å². The van der Waals surface area contributed by atoms with Gasteiger partial charge < -0.3 is 4.57 Å². The molecule has 58 heavy (non-hydrogen) atoms. The minimum atomic E-state index is 0.625. The first-order valence-electron chi connectivity index (χ1n) is 19.5. The van der Waals surface area contributed by atoms with Gasteiger partial charge in [-0.25, -0.2) is 15.0 Å².